The molecule has 1 rings (SSSR count). The molecule has 0 aliphatic heterocycles. The lowest BCUT2D eigenvalue weighted by atomic mass is 9.94. The highest BCUT2D eigenvalue weighted by molar-refractivity contribution is 5.96. The van der Waals surface area contributed by atoms with Crippen LogP contribution in [0.1, 0.15) is 31.9 Å². The van der Waals surface area contributed by atoms with Crippen molar-refractivity contribution in [3.05, 3.63) is 35.1 Å². The highest BCUT2D eigenvalue weighted by Crippen LogP contribution is 2.24. The van der Waals surface area contributed by atoms with Crippen LogP contribution in [0.5, 0.6) is 0 Å². The van der Waals surface area contributed by atoms with Crippen LogP contribution >= 0.6 is 0 Å². The van der Waals surface area contributed by atoms with Crippen LogP contribution in [0.15, 0.2) is 18.2 Å². The molecule has 0 heterocycles. The van der Waals surface area contributed by atoms with Gasteiger partial charge >= 0.3 is 0 Å². The molecule has 0 saturated carbocycles. The van der Waals surface area contributed by atoms with E-state index in [-0.39, 0.29) is 16.8 Å². The number of aliphatic hydroxyl groups is 1. The summed E-state index contributed by atoms with van der Waals surface area (Å²) in [6.07, 6.45) is 0. The minimum Gasteiger partial charge on any atom is -0.386 e. The van der Waals surface area contributed by atoms with Gasteiger partial charge in [-0.1, -0.05) is 18.2 Å². The molecule has 1 aromatic rings. The zero-order chi connectivity index (χ0) is 10.9. The van der Waals surface area contributed by atoms with Gasteiger partial charge in [-0.05, 0) is 20.8 Å². The first-order valence-electron chi connectivity index (χ1n) is 4.41. The van der Waals surface area contributed by atoms with E-state index >= 15 is 0 Å². The molecule has 1 aromatic carbocycles. The summed E-state index contributed by atoms with van der Waals surface area (Å²) in [5.74, 6) is -0.507. The van der Waals surface area contributed by atoms with Gasteiger partial charge in [0.1, 0.15) is 5.82 Å². The van der Waals surface area contributed by atoms with E-state index in [2.05, 4.69) is 0 Å². The number of hydrogen-bond acceptors (Lipinski definition) is 2. The molecule has 0 amide bonds. The van der Waals surface area contributed by atoms with Crippen molar-refractivity contribution in [2.45, 2.75) is 26.4 Å². The lowest BCUT2D eigenvalue weighted by Gasteiger charge is -2.19. The summed E-state index contributed by atoms with van der Waals surface area (Å²) in [6.45, 7) is 4.56. The Morgan fingerprint density at radius 3 is 2.43 bits per heavy atom. The maximum atomic E-state index is 13.7. The Balaban J connectivity index is 3.35. The zero-order valence-corrected chi connectivity index (χ0v) is 8.56. The number of halogens is 1. The minimum atomic E-state index is -1.21. The van der Waals surface area contributed by atoms with Crippen LogP contribution in [0.25, 0.3) is 0 Å². The average molecular weight is 195 g/mol. The van der Waals surface area contributed by atoms with E-state index in [0.717, 1.165) is 0 Å². The molecule has 0 spiro atoms. The second-order valence-corrected chi connectivity index (χ2v) is 3.85. The van der Waals surface area contributed by atoms with E-state index < -0.39 is 11.4 Å². The molecule has 0 saturated heterocycles. The van der Waals surface area contributed by atoms with Gasteiger partial charge in [0.2, 0.25) is 0 Å². The second kappa shape index (κ2) is 3.50. The number of rotatable bonds is 2. The Kier molecular flexibility index (Phi) is 2.71. The summed E-state index contributed by atoms with van der Waals surface area (Å²) >= 11 is 0. The lowest BCUT2D eigenvalue weighted by Crippen LogP contribution is -2.19. The van der Waals surface area contributed by atoms with Crippen molar-refractivity contribution in [3.63, 3.8) is 0 Å². The van der Waals surface area contributed by atoms with Crippen molar-refractivity contribution in [1.29, 1.82) is 5.41 Å². The normalized spacial score (nSPS) is 11.5. The molecule has 0 aliphatic rings. The summed E-state index contributed by atoms with van der Waals surface area (Å²) in [7, 11) is 0. The topological polar surface area (TPSA) is 44.1 Å². The van der Waals surface area contributed by atoms with E-state index in [0.29, 0.717) is 0 Å². The third-order valence-corrected chi connectivity index (χ3v) is 2.06. The zero-order valence-electron chi connectivity index (χ0n) is 8.56. The van der Waals surface area contributed by atoms with E-state index in [9.17, 15) is 9.50 Å². The minimum absolute atomic E-state index is 0.161. The number of hydrogen-bond donors (Lipinski definition) is 2. The highest BCUT2D eigenvalue weighted by Gasteiger charge is 2.22. The SMILES string of the molecule is CC(=N)c1cccc(C(C)(C)O)c1F. The first-order valence-corrected chi connectivity index (χ1v) is 4.41. The van der Waals surface area contributed by atoms with E-state index in [4.69, 9.17) is 5.41 Å². The first kappa shape index (κ1) is 10.9. The Hall–Kier alpha value is -1.22. The smallest absolute Gasteiger partial charge is 0.138 e. The average Bonchev–Trinajstić information content (AvgIpc) is 2.01. The van der Waals surface area contributed by atoms with Crippen LogP contribution in [0.2, 0.25) is 0 Å². The molecule has 3 heteroatoms. The third kappa shape index (κ3) is 1.99. The lowest BCUT2D eigenvalue weighted by molar-refractivity contribution is 0.0745. The van der Waals surface area contributed by atoms with Gasteiger partial charge in [-0.2, -0.15) is 0 Å². The molecule has 2 N–H and O–H groups in total. The molecule has 0 aromatic heterocycles. The molecule has 0 fully saturated rings. The Labute approximate surface area is 82.9 Å². The third-order valence-electron chi connectivity index (χ3n) is 2.06. The summed E-state index contributed by atoms with van der Waals surface area (Å²) in [5.41, 5.74) is -0.588. The fourth-order valence-corrected chi connectivity index (χ4v) is 1.29. The van der Waals surface area contributed by atoms with Gasteiger partial charge in [0, 0.05) is 16.8 Å². The monoisotopic (exact) mass is 195 g/mol. The van der Waals surface area contributed by atoms with E-state index in [1.165, 1.54) is 32.9 Å². The molecule has 76 valence electrons. The fraction of sp³-hybridized carbons (Fsp3) is 0.364. The molecule has 0 bridgehead atoms. The molecule has 0 atom stereocenters. The van der Waals surface area contributed by atoms with Crippen molar-refractivity contribution < 1.29 is 9.50 Å². The largest absolute Gasteiger partial charge is 0.386 e. The molecule has 0 radical (unpaired) electrons. The van der Waals surface area contributed by atoms with Crippen LogP contribution < -0.4 is 0 Å². The number of benzene rings is 1. The maximum absolute atomic E-state index is 13.7. The van der Waals surface area contributed by atoms with Crippen molar-refractivity contribution in [2.75, 3.05) is 0 Å². The van der Waals surface area contributed by atoms with Gasteiger partial charge in [0.25, 0.3) is 0 Å². The summed E-state index contributed by atoms with van der Waals surface area (Å²) in [5, 5.41) is 17.0. The summed E-state index contributed by atoms with van der Waals surface area (Å²) in [6, 6.07) is 4.71. The first-order chi connectivity index (χ1) is 6.34. The van der Waals surface area contributed by atoms with Crippen molar-refractivity contribution >= 4 is 5.71 Å². The highest BCUT2D eigenvalue weighted by atomic mass is 19.1. The Morgan fingerprint density at radius 2 is 2.00 bits per heavy atom. The van der Waals surface area contributed by atoms with Crippen LogP contribution in [0, 0.1) is 11.2 Å². The van der Waals surface area contributed by atoms with Crippen LogP contribution in [-0.4, -0.2) is 10.8 Å². The molecular weight excluding hydrogens is 181 g/mol. The molecule has 0 unspecified atom stereocenters. The van der Waals surface area contributed by atoms with Crippen LogP contribution in [0.4, 0.5) is 4.39 Å². The second-order valence-electron chi connectivity index (χ2n) is 3.85. The fourth-order valence-electron chi connectivity index (χ4n) is 1.29. The van der Waals surface area contributed by atoms with Crippen molar-refractivity contribution in [1.82, 2.24) is 0 Å². The van der Waals surface area contributed by atoms with E-state index in [1.54, 1.807) is 6.07 Å². The predicted octanol–water partition coefficient (Wildman–Crippen LogP) is 2.44. The van der Waals surface area contributed by atoms with Gasteiger partial charge in [-0.15, -0.1) is 0 Å². The Morgan fingerprint density at radius 1 is 1.43 bits per heavy atom. The molecular formula is C11H14FNO. The Bertz CT molecular complexity index is 366. The summed E-state index contributed by atoms with van der Waals surface area (Å²) in [4.78, 5) is 0. The van der Waals surface area contributed by atoms with Gasteiger partial charge in [-0.25, -0.2) is 4.39 Å². The standard InChI is InChI=1S/C11H14FNO/c1-7(13)8-5-4-6-9(10(8)12)11(2,3)14/h4-6,13-14H,1-3H3. The quantitative estimate of drug-likeness (QED) is 0.699. The van der Waals surface area contributed by atoms with Crippen LogP contribution in [-0.2, 0) is 5.60 Å². The number of nitrogens with one attached hydrogen (secondary N) is 1. The molecule has 14 heavy (non-hydrogen) atoms. The van der Waals surface area contributed by atoms with Crippen molar-refractivity contribution in [2.24, 2.45) is 0 Å². The van der Waals surface area contributed by atoms with Crippen molar-refractivity contribution in [3.8, 4) is 0 Å². The van der Waals surface area contributed by atoms with Crippen LogP contribution in [0.3, 0.4) is 0 Å². The maximum Gasteiger partial charge on any atom is 0.138 e. The van der Waals surface area contributed by atoms with Gasteiger partial charge < -0.3 is 10.5 Å². The predicted molar refractivity (Wildman–Crippen MR) is 54.1 cm³/mol. The molecule has 0 aliphatic carbocycles. The summed E-state index contributed by atoms with van der Waals surface area (Å²) < 4.78 is 13.7. The molecule has 2 nitrogen and oxygen atoms in total. The van der Waals surface area contributed by atoms with Gasteiger partial charge in [0.05, 0.1) is 5.60 Å². The van der Waals surface area contributed by atoms with Gasteiger partial charge in [0.15, 0.2) is 0 Å². The van der Waals surface area contributed by atoms with E-state index in [1.807, 2.05) is 0 Å². The van der Waals surface area contributed by atoms with Gasteiger partial charge in [-0.3, -0.25) is 0 Å².